The van der Waals surface area contributed by atoms with Gasteiger partial charge in [0.1, 0.15) is 0 Å². The lowest BCUT2D eigenvalue weighted by Crippen LogP contribution is -2.42. The van der Waals surface area contributed by atoms with Crippen LogP contribution in [0.1, 0.15) is 34.1 Å². The van der Waals surface area contributed by atoms with Gasteiger partial charge in [0.2, 0.25) is 5.91 Å². The van der Waals surface area contributed by atoms with E-state index < -0.39 is 0 Å². The molecule has 0 aliphatic rings. The van der Waals surface area contributed by atoms with Crippen LogP contribution in [0.4, 0.5) is 11.4 Å². The normalized spacial score (nSPS) is 10.5. The Kier molecular flexibility index (Phi) is 9.71. The van der Waals surface area contributed by atoms with Crippen molar-refractivity contribution in [1.29, 1.82) is 0 Å². The van der Waals surface area contributed by atoms with Gasteiger partial charge >= 0.3 is 0 Å². The molecule has 1 amide bonds. The van der Waals surface area contributed by atoms with Crippen molar-refractivity contribution in [2.75, 3.05) is 24.2 Å². The fourth-order valence-electron chi connectivity index (χ4n) is 1.50. The van der Waals surface area contributed by atoms with Crippen molar-refractivity contribution in [2.45, 2.75) is 39.7 Å². The molecule has 0 heterocycles. The molecule has 1 aromatic rings. The van der Waals surface area contributed by atoms with Crippen molar-refractivity contribution >= 4 is 17.3 Å². The largest absolute Gasteiger partial charge is 0.399 e. The highest BCUT2D eigenvalue weighted by Gasteiger charge is 2.13. The number of aliphatic hydroxyl groups is 1. The molecular formula is C18H29N3O2. The number of amides is 1. The molecule has 0 aromatic heterocycles. The minimum Gasteiger partial charge on any atom is -0.399 e. The van der Waals surface area contributed by atoms with Crippen LogP contribution in [0.15, 0.2) is 24.3 Å². The first-order chi connectivity index (χ1) is 10.7. The number of nitrogens with one attached hydrogen (secondary N) is 2. The summed E-state index contributed by atoms with van der Waals surface area (Å²) in [4.78, 5) is 11.4. The fraction of sp³-hybridized carbons (Fsp3) is 0.500. The third-order valence-corrected chi connectivity index (χ3v) is 2.85. The van der Waals surface area contributed by atoms with Crippen molar-refractivity contribution < 1.29 is 9.90 Å². The molecule has 0 spiro atoms. The summed E-state index contributed by atoms with van der Waals surface area (Å²) in [5, 5.41) is 14.5. The molecular weight excluding hydrogens is 290 g/mol. The number of hydrogen-bond acceptors (Lipinski definition) is 4. The topological polar surface area (TPSA) is 87.4 Å². The highest BCUT2D eigenvalue weighted by atomic mass is 16.3. The van der Waals surface area contributed by atoms with E-state index in [-0.39, 0.29) is 18.1 Å². The number of nitrogen functional groups attached to an aromatic ring is 1. The molecule has 0 aliphatic carbocycles. The molecule has 5 nitrogen and oxygen atoms in total. The van der Waals surface area contributed by atoms with Gasteiger partial charge in [-0.3, -0.25) is 10.1 Å². The van der Waals surface area contributed by atoms with Gasteiger partial charge < -0.3 is 16.2 Å². The number of carbonyl (C=O) groups excluding carboxylic acids is 1. The minimum absolute atomic E-state index is 0.0461. The van der Waals surface area contributed by atoms with E-state index >= 15 is 0 Å². The Morgan fingerprint density at radius 2 is 1.91 bits per heavy atom. The highest BCUT2D eigenvalue weighted by molar-refractivity contribution is 5.90. The summed E-state index contributed by atoms with van der Waals surface area (Å²) in [5.41, 5.74) is 6.78. The van der Waals surface area contributed by atoms with Gasteiger partial charge in [-0.15, -0.1) is 6.42 Å². The SMILES string of the molecule is C#CCNC(C)(C)CO.CC(C)CC(=O)Nc1ccc(N)cc1. The van der Waals surface area contributed by atoms with Crippen molar-refractivity contribution in [3.8, 4) is 12.3 Å². The molecule has 0 aliphatic heterocycles. The van der Waals surface area contributed by atoms with Crippen LogP contribution in [0.25, 0.3) is 0 Å². The van der Waals surface area contributed by atoms with Crippen LogP contribution in [-0.2, 0) is 4.79 Å². The van der Waals surface area contributed by atoms with E-state index in [0.717, 1.165) is 5.69 Å². The molecule has 0 unspecified atom stereocenters. The zero-order valence-corrected chi connectivity index (χ0v) is 14.5. The van der Waals surface area contributed by atoms with E-state index in [1.54, 1.807) is 24.3 Å². The summed E-state index contributed by atoms with van der Waals surface area (Å²) in [6.07, 6.45) is 5.54. The molecule has 23 heavy (non-hydrogen) atoms. The number of aliphatic hydroxyl groups excluding tert-OH is 1. The van der Waals surface area contributed by atoms with Crippen LogP contribution in [0.3, 0.4) is 0 Å². The Hall–Kier alpha value is -2.03. The van der Waals surface area contributed by atoms with E-state index in [1.807, 2.05) is 27.7 Å². The second-order valence-electron chi connectivity index (χ2n) is 6.37. The molecule has 1 rings (SSSR count). The number of terminal acetylenes is 1. The molecule has 1 aromatic carbocycles. The number of hydrogen-bond donors (Lipinski definition) is 4. The van der Waals surface area contributed by atoms with Gasteiger partial charge in [0.25, 0.3) is 0 Å². The molecule has 5 heteroatoms. The van der Waals surface area contributed by atoms with E-state index in [2.05, 4.69) is 16.6 Å². The average Bonchev–Trinajstić information content (AvgIpc) is 2.47. The van der Waals surface area contributed by atoms with Crippen molar-refractivity contribution in [2.24, 2.45) is 5.92 Å². The van der Waals surface area contributed by atoms with E-state index in [9.17, 15) is 4.79 Å². The summed E-state index contributed by atoms with van der Waals surface area (Å²) < 4.78 is 0. The van der Waals surface area contributed by atoms with Gasteiger partial charge in [-0.1, -0.05) is 19.8 Å². The van der Waals surface area contributed by atoms with Crippen molar-refractivity contribution in [3.63, 3.8) is 0 Å². The van der Waals surface area contributed by atoms with E-state index in [0.29, 0.717) is 24.6 Å². The molecule has 0 saturated carbocycles. The molecule has 0 atom stereocenters. The molecule has 0 fully saturated rings. The monoisotopic (exact) mass is 319 g/mol. The van der Waals surface area contributed by atoms with Gasteiger partial charge in [-0.2, -0.15) is 0 Å². The van der Waals surface area contributed by atoms with Crippen LogP contribution in [0, 0.1) is 18.3 Å². The predicted molar refractivity (Wildman–Crippen MR) is 96.9 cm³/mol. The molecule has 0 saturated heterocycles. The van der Waals surface area contributed by atoms with Crippen LogP contribution in [-0.4, -0.2) is 29.7 Å². The second-order valence-corrected chi connectivity index (χ2v) is 6.37. The van der Waals surface area contributed by atoms with E-state index in [4.69, 9.17) is 17.3 Å². The first-order valence-electron chi connectivity index (χ1n) is 7.65. The molecule has 128 valence electrons. The fourth-order valence-corrected chi connectivity index (χ4v) is 1.50. The molecule has 0 radical (unpaired) electrons. The van der Waals surface area contributed by atoms with Gasteiger partial charge in [0.15, 0.2) is 0 Å². The number of nitrogens with two attached hydrogens (primary N) is 1. The van der Waals surface area contributed by atoms with Crippen molar-refractivity contribution in [3.05, 3.63) is 24.3 Å². The van der Waals surface area contributed by atoms with E-state index in [1.165, 1.54) is 0 Å². The first-order valence-corrected chi connectivity index (χ1v) is 7.65. The maximum atomic E-state index is 11.4. The lowest BCUT2D eigenvalue weighted by molar-refractivity contribution is -0.116. The Bertz CT molecular complexity index is 502. The Labute approximate surface area is 139 Å². The highest BCUT2D eigenvalue weighted by Crippen LogP contribution is 2.11. The Balaban J connectivity index is 0.000000468. The molecule has 0 bridgehead atoms. The average molecular weight is 319 g/mol. The van der Waals surface area contributed by atoms with Crippen molar-refractivity contribution in [1.82, 2.24) is 5.32 Å². The smallest absolute Gasteiger partial charge is 0.224 e. The van der Waals surface area contributed by atoms with Crippen LogP contribution in [0.2, 0.25) is 0 Å². The molecule has 5 N–H and O–H groups in total. The zero-order chi connectivity index (χ0) is 17.9. The second kappa shape index (κ2) is 10.7. The van der Waals surface area contributed by atoms with Gasteiger partial charge in [0.05, 0.1) is 13.2 Å². The quantitative estimate of drug-likeness (QED) is 0.478. The maximum Gasteiger partial charge on any atom is 0.224 e. The zero-order valence-electron chi connectivity index (χ0n) is 14.5. The standard InChI is InChI=1S/C11H16N2O.C7H13NO/c1-8(2)7-11(14)13-10-5-3-9(12)4-6-10;1-4-5-8-7(2,3)6-9/h3-6,8H,7,12H2,1-2H3,(H,13,14);1,8-9H,5-6H2,2-3H3. The predicted octanol–water partition coefficient (Wildman–Crippen LogP) is 2.23. The van der Waals surface area contributed by atoms with Crippen LogP contribution in [0.5, 0.6) is 0 Å². The summed E-state index contributed by atoms with van der Waals surface area (Å²) in [5.74, 6) is 2.86. The third-order valence-electron chi connectivity index (χ3n) is 2.85. The number of carbonyl (C=O) groups is 1. The summed E-state index contributed by atoms with van der Waals surface area (Å²) in [6, 6.07) is 7.14. The summed E-state index contributed by atoms with van der Waals surface area (Å²) >= 11 is 0. The number of rotatable bonds is 6. The minimum atomic E-state index is -0.244. The summed E-state index contributed by atoms with van der Waals surface area (Å²) in [7, 11) is 0. The van der Waals surface area contributed by atoms with Gasteiger partial charge in [-0.25, -0.2) is 0 Å². The number of anilines is 2. The maximum absolute atomic E-state index is 11.4. The third kappa shape index (κ3) is 11.2. The first kappa shape index (κ1) is 21.0. The van der Waals surface area contributed by atoms with Crippen LogP contribution < -0.4 is 16.4 Å². The lowest BCUT2D eigenvalue weighted by atomic mass is 10.1. The van der Waals surface area contributed by atoms with Gasteiger partial charge in [0, 0.05) is 23.3 Å². The lowest BCUT2D eigenvalue weighted by Gasteiger charge is -2.21. The summed E-state index contributed by atoms with van der Waals surface area (Å²) in [6.45, 7) is 8.43. The number of benzene rings is 1. The van der Waals surface area contributed by atoms with Crippen LogP contribution >= 0.6 is 0 Å². The Morgan fingerprint density at radius 1 is 1.35 bits per heavy atom. The van der Waals surface area contributed by atoms with Gasteiger partial charge in [-0.05, 0) is 44.0 Å². The Morgan fingerprint density at radius 3 is 2.35 bits per heavy atom.